The molecule has 0 spiro atoms. The maximum atomic E-state index is 12.0. The van der Waals surface area contributed by atoms with Crippen LogP contribution in [0.2, 0.25) is 0 Å². The van der Waals surface area contributed by atoms with Crippen molar-refractivity contribution in [2.45, 2.75) is 45.7 Å². The molecule has 106 valence electrons. The Kier molecular flexibility index (Phi) is 3.97. The molecule has 0 bridgehead atoms. The van der Waals surface area contributed by atoms with Crippen molar-refractivity contribution in [1.82, 2.24) is 4.90 Å². The summed E-state index contributed by atoms with van der Waals surface area (Å²) in [6, 6.07) is -2.46. The van der Waals surface area contributed by atoms with Crippen LogP contribution in [0.15, 0.2) is 0 Å². The van der Waals surface area contributed by atoms with Crippen LogP contribution >= 0.6 is 0 Å². The van der Waals surface area contributed by atoms with Crippen molar-refractivity contribution in [2.24, 2.45) is 5.41 Å². The molecule has 1 rings (SSSR count). The Morgan fingerprint density at radius 2 is 1.53 bits per heavy atom. The van der Waals surface area contributed by atoms with Crippen LogP contribution in [0.3, 0.4) is 0 Å². The van der Waals surface area contributed by atoms with Crippen LogP contribution in [0, 0.1) is 5.41 Å². The number of carbonyl (C=O) groups excluding carboxylic acids is 2. The largest absolute Gasteiger partial charge is 0.480 e. The molecule has 0 unspecified atom stereocenters. The average molecular weight is 271 g/mol. The zero-order valence-corrected chi connectivity index (χ0v) is 11.0. The molecule has 0 saturated carbocycles. The van der Waals surface area contributed by atoms with Crippen LogP contribution in [0.25, 0.3) is 0 Å². The van der Waals surface area contributed by atoms with Crippen LogP contribution in [0.5, 0.6) is 0 Å². The lowest BCUT2D eigenvalue weighted by Gasteiger charge is -2.44. The van der Waals surface area contributed by atoms with E-state index < -0.39 is 41.1 Å². The van der Waals surface area contributed by atoms with Gasteiger partial charge in [0.2, 0.25) is 5.78 Å². The first-order chi connectivity index (χ1) is 8.63. The summed E-state index contributed by atoms with van der Waals surface area (Å²) in [6.07, 6.45) is 0.233. The van der Waals surface area contributed by atoms with Crippen molar-refractivity contribution in [2.75, 3.05) is 0 Å². The fourth-order valence-electron chi connectivity index (χ4n) is 1.81. The molecule has 7 nitrogen and oxygen atoms in total. The van der Waals surface area contributed by atoms with Gasteiger partial charge in [0.25, 0.3) is 5.91 Å². The predicted octanol–water partition coefficient (Wildman–Crippen LogP) is 0.130. The van der Waals surface area contributed by atoms with Crippen molar-refractivity contribution in [3.8, 4) is 0 Å². The summed E-state index contributed by atoms with van der Waals surface area (Å²) in [7, 11) is 0. The van der Waals surface area contributed by atoms with Gasteiger partial charge in [-0.15, -0.1) is 0 Å². The normalized spacial score (nSPS) is 22.6. The standard InChI is InChI=1S/C12H17NO6/c1-4-12(2,3)8(14)9(15)13-6(10(16)17)5-7(13)11(18)19/h6-7H,4-5H2,1-3H3,(H,16,17)(H,18,19)/t6-,7+. The first kappa shape index (κ1) is 15.1. The van der Waals surface area contributed by atoms with Crippen LogP contribution in [0.1, 0.15) is 33.6 Å². The van der Waals surface area contributed by atoms with Crippen molar-refractivity contribution < 1.29 is 29.4 Å². The minimum atomic E-state index is -1.30. The van der Waals surface area contributed by atoms with E-state index in [9.17, 15) is 19.2 Å². The Morgan fingerprint density at radius 1 is 1.11 bits per heavy atom. The molecule has 0 aromatic heterocycles. The van der Waals surface area contributed by atoms with E-state index in [1.54, 1.807) is 20.8 Å². The number of ketones is 1. The van der Waals surface area contributed by atoms with Gasteiger partial charge >= 0.3 is 11.9 Å². The van der Waals surface area contributed by atoms with E-state index in [0.717, 1.165) is 0 Å². The van der Waals surface area contributed by atoms with Gasteiger partial charge in [-0.1, -0.05) is 20.8 Å². The lowest BCUT2D eigenvalue weighted by molar-refractivity contribution is -0.174. The third kappa shape index (κ3) is 2.59. The van der Waals surface area contributed by atoms with Gasteiger partial charge in [0.1, 0.15) is 12.1 Å². The zero-order valence-electron chi connectivity index (χ0n) is 11.0. The van der Waals surface area contributed by atoms with Gasteiger partial charge in [-0.25, -0.2) is 9.59 Å². The second kappa shape index (κ2) is 4.99. The number of rotatable bonds is 5. The number of likely N-dealkylation sites (tertiary alicyclic amines) is 1. The van der Waals surface area contributed by atoms with Gasteiger partial charge in [0.05, 0.1) is 0 Å². The summed E-state index contributed by atoms with van der Waals surface area (Å²) in [5.74, 6) is -4.38. The number of aliphatic carboxylic acids is 2. The van der Waals surface area contributed by atoms with E-state index in [2.05, 4.69) is 0 Å². The molecular formula is C12H17NO6. The van der Waals surface area contributed by atoms with Crippen molar-refractivity contribution in [3.05, 3.63) is 0 Å². The minimum absolute atomic E-state index is 0.170. The molecule has 0 aromatic carbocycles. The number of amides is 1. The molecule has 7 heteroatoms. The first-order valence-electron chi connectivity index (χ1n) is 5.96. The summed E-state index contributed by atoms with van der Waals surface area (Å²) in [5.41, 5.74) is -0.932. The van der Waals surface area contributed by atoms with E-state index in [1.807, 2.05) is 0 Å². The summed E-state index contributed by atoms with van der Waals surface area (Å²) in [4.78, 5) is 46.5. The topological polar surface area (TPSA) is 112 Å². The van der Waals surface area contributed by atoms with Gasteiger partial charge in [-0.2, -0.15) is 0 Å². The van der Waals surface area contributed by atoms with E-state index in [1.165, 1.54) is 0 Å². The van der Waals surface area contributed by atoms with Gasteiger partial charge in [0.15, 0.2) is 0 Å². The highest BCUT2D eigenvalue weighted by Gasteiger charge is 2.52. The third-order valence-corrected chi connectivity index (χ3v) is 3.62. The molecule has 1 fully saturated rings. The second-order valence-electron chi connectivity index (χ2n) is 5.22. The number of carboxylic acid groups (broad SMARTS) is 2. The Balaban J connectivity index is 2.97. The zero-order chi connectivity index (χ0) is 15.0. The van der Waals surface area contributed by atoms with Crippen molar-refractivity contribution in [1.29, 1.82) is 0 Å². The van der Waals surface area contributed by atoms with Crippen LogP contribution in [0.4, 0.5) is 0 Å². The van der Waals surface area contributed by atoms with Crippen LogP contribution in [-0.4, -0.2) is 50.8 Å². The molecule has 0 radical (unpaired) electrons. The molecular weight excluding hydrogens is 254 g/mol. The lowest BCUT2D eigenvalue weighted by atomic mass is 9.82. The molecule has 2 atom stereocenters. The fourth-order valence-corrected chi connectivity index (χ4v) is 1.81. The van der Waals surface area contributed by atoms with Crippen molar-refractivity contribution >= 4 is 23.6 Å². The Hall–Kier alpha value is -1.92. The fraction of sp³-hybridized carbons (Fsp3) is 0.667. The number of carbonyl (C=O) groups is 4. The van der Waals surface area contributed by atoms with Gasteiger partial charge < -0.3 is 15.1 Å². The second-order valence-corrected chi connectivity index (χ2v) is 5.22. The number of carboxylic acids is 2. The summed E-state index contributed by atoms with van der Waals surface area (Å²) in [6.45, 7) is 4.86. The Bertz CT molecular complexity index is 422. The van der Waals surface area contributed by atoms with Gasteiger partial charge in [-0.3, -0.25) is 9.59 Å². The van der Waals surface area contributed by atoms with Crippen LogP contribution in [-0.2, 0) is 19.2 Å². The molecule has 2 N–H and O–H groups in total. The van der Waals surface area contributed by atoms with E-state index >= 15 is 0 Å². The highest BCUT2D eigenvalue weighted by Crippen LogP contribution is 2.30. The van der Waals surface area contributed by atoms with Gasteiger partial charge in [0, 0.05) is 11.8 Å². The Morgan fingerprint density at radius 3 is 1.84 bits per heavy atom. The summed E-state index contributed by atoms with van der Waals surface area (Å²) < 4.78 is 0. The average Bonchev–Trinajstić information content (AvgIpc) is 2.25. The molecule has 0 aromatic rings. The molecule has 1 aliphatic rings. The summed E-state index contributed by atoms with van der Waals surface area (Å²) >= 11 is 0. The highest BCUT2D eigenvalue weighted by molar-refractivity contribution is 6.38. The van der Waals surface area contributed by atoms with Gasteiger partial charge in [-0.05, 0) is 6.42 Å². The summed E-state index contributed by atoms with van der Waals surface area (Å²) in [5, 5.41) is 17.8. The minimum Gasteiger partial charge on any atom is -0.480 e. The maximum Gasteiger partial charge on any atom is 0.326 e. The molecule has 1 heterocycles. The number of nitrogens with zero attached hydrogens (tertiary/aromatic N) is 1. The predicted molar refractivity (Wildman–Crippen MR) is 63.4 cm³/mol. The number of hydrogen-bond acceptors (Lipinski definition) is 4. The molecule has 1 saturated heterocycles. The third-order valence-electron chi connectivity index (χ3n) is 3.62. The molecule has 1 amide bonds. The number of hydrogen-bond donors (Lipinski definition) is 2. The van der Waals surface area contributed by atoms with Crippen molar-refractivity contribution in [3.63, 3.8) is 0 Å². The number of Topliss-reactive ketones (excluding diaryl/α,β-unsaturated/α-hetero) is 1. The molecule has 1 aliphatic heterocycles. The monoisotopic (exact) mass is 271 g/mol. The highest BCUT2D eigenvalue weighted by atomic mass is 16.4. The SMILES string of the molecule is CCC(C)(C)C(=O)C(=O)N1[C@@H](C(=O)O)C[C@H]1C(=O)O. The smallest absolute Gasteiger partial charge is 0.326 e. The Labute approximate surface area is 110 Å². The maximum absolute atomic E-state index is 12.0. The van der Waals surface area contributed by atoms with E-state index in [-0.39, 0.29) is 6.42 Å². The van der Waals surface area contributed by atoms with Crippen LogP contribution < -0.4 is 0 Å². The first-order valence-corrected chi connectivity index (χ1v) is 5.96. The lowest BCUT2D eigenvalue weighted by Crippen LogP contribution is -2.66. The molecule has 19 heavy (non-hydrogen) atoms. The van der Waals surface area contributed by atoms with E-state index in [0.29, 0.717) is 11.3 Å². The van der Waals surface area contributed by atoms with E-state index in [4.69, 9.17) is 10.2 Å². The quantitative estimate of drug-likeness (QED) is 0.687. The molecule has 0 aliphatic carbocycles.